The van der Waals surface area contributed by atoms with Gasteiger partial charge in [-0.2, -0.15) is 0 Å². The lowest BCUT2D eigenvalue weighted by Gasteiger charge is -2.15. The first-order valence-electron chi connectivity index (χ1n) is 7.57. The number of halogens is 2. The van der Waals surface area contributed by atoms with Gasteiger partial charge < -0.3 is 10.6 Å². The molecule has 0 aliphatic heterocycles. The van der Waals surface area contributed by atoms with E-state index in [4.69, 9.17) is 0 Å². The van der Waals surface area contributed by atoms with Crippen LogP contribution in [0, 0.1) is 11.6 Å². The molecule has 1 unspecified atom stereocenters. The van der Waals surface area contributed by atoms with E-state index in [2.05, 4.69) is 17.6 Å². The molecule has 0 bridgehead atoms. The lowest BCUT2D eigenvalue weighted by molar-refractivity contribution is -0.120. The number of hydrogen-bond acceptors (Lipinski definition) is 2. The molecule has 1 atom stereocenters. The van der Waals surface area contributed by atoms with Gasteiger partial charge in [-0.1, -0.05) is 37.3 Å². The Bertz CT molecular complexity index is 651. The summed E-state index contributed by atoms with van der Waals surface area (Å²) in [5.74, 6) is -1.78. The van der Waals surface area contributed by atoms with Gasteiger partial charge in [-0.05, 0) is 36.6 Å². The molecular formula is C18H20F2N2O. The predicted octanol–water partition coefficient (Wildman–Crippen LogP) is 3.82. The number of carbonyl (C=O) groups is 1. The zero-order valence-electron chi connectivity index (χ0n) is 13.2. The maximum Gasteiger partial charge on any atom is 0.239 e. The van der Waals surface area contributed by atoms with Gasteiger partial charge in [0.1, 0.15) is 17.3 Å². The van der Waals surface area contributed by atoms with Crippen LogP contribution in [0.1, 0.15) is 31.0 Å². The molecule has 2 rings (SSSR count). The minimum Gasteiger partial charge on any atom is -0.371 e. The first-order valence-corrected chi connectivity index (χ1v) is 7.57. The van der Waals surface area contributed by atoms with Crippen molar-refractivity contribution in [2.75, 3.05) is 11.9 Å². The van der Waals surface area contributed by atoms with Crippen molar-refractivity contribution in [2.45, 2.75) is 26.3 Å². The quantitative estimate of drug-likeness (QED) is 0.850. The van der Waals surface area contributed by atoms with E-state index in [1.54, 1.807) is 0 Å². The van der Waals surface area contributed by atoms with Crippen LogP contribution >= 0.6 is 0 Å². The van der Waals surface area contributed by atoms with Gasteiger partial charge >= 0.3 is 0 Å². The fourth-order valence-electron chi connectivity index (χ4n) is 2.25. The summed E-state index contributed by atoms with van der Waals surface area (Å²) in [4.78, 5) is 11.9. The standard InChI is InChI=1S/C18H20F2N2O/c1-3-13-7-9-14(10-8-13)12(2)22-17(23)11-21-18-15(19)5-4-6-16(18)20/h4-10,12,21H,3,11H2,1-2H3,(H,22,23). The molecule has 1 amide bonds. The van der Waals surface area contributed by atoms with Crippen LogP contribution in [-0.2, 0) is 11.2 Å². The first-order chi connectivity index (χ1) is 11.0. The second kappa shape index (κ2) is 7.72. The summed E-state index contributed by atoms with van der Waals surface area (Å²) in [5, 5.41) is 5.29. The Hall–Kier alpha value is -2.43. The van der Waals surface area contributed by atoms with Crippen LogP contribution in [0.2, 0.25) is 0 Å². The molecule has 0 saturated heterocycles. The smallest absolute Gasteiger partial charge is 0.239 e. The highest BCUT2D eigenvalue weighted by molar-refractivity contribution is 5.81. The lowest BCUT2D eigenvalue weighted by Crippen LogP contribution is -2.32. The molecule has 0 spiro atoms. The third-order valence-electron chi connectivity index (χ3n) is 3.65. The van der Waals surface area contributed by atoms with E-state index in [1.165, 1.54) is 11.6 Å². The molecule has 2 aromatic carbocycles. The van der Waals surface area contributed by atoms with E-state index < -0.39 is 11.6 Å². The molecule has 5 heteroatoms. The highest BCUT2D eigenvalue weighted by Crippen LogP contribution is 2.18. The molecule has 2 aromatic rings. The Kier molecular flexibility index (Phi) is 5.68. The third kappa shape index (κ3) is 4.52. The number of aryl methyl sites for hydroxylation is 1. The van der Waals surface area contributed by atoms with Crippen molar-refractivity contribution in [3.63, 3.8) is 0 Å². The maximum absolute atomic E-state index is 13.5. The molecule has 2 N–H and O–H groups in total. The SMILES string of the molecule is CCc1ccc(C(C)NC(=O)CNc2c(F)cccc2F)cc1. The largest absolute Gasteiger partial charge is 0.371 e. The van der Waals surface area contributed by atoms with Gasteiger partial charge in [-0.25, -0.2) is 8.78 Å². The molecule has 0 aliphatic carbocycles. The molecule has 3 nitrogen and oxygen atoms in total. The van der Waals surface area contributed by atoms with Gasteiger partial charge in [0.25, 0.3) is 0 Å². The Morgan fingerprint density at radius 3 is 2.26 bits per heavy atom. The van der Waals surface area contributed by atoms with Crippen LogP contribution in [0.15, 0.2) is 42.5 Å². The van der Waals surface area contributed by atoms with Gasteiger partial charge in [-0.3, -0.25) is 4.79 Å². The molecular weight excluding hydrogens is 298 g/mol. The zero-order chi connectivity index (χ0) is 16.8. The minimum atomic E-state index is -0.721. The van der Waals surface area contributed by atoms with Gasteiger partial charge in [0, 0.05) is 0 Å². The highest BCUT2D eigenvalue weighted by atomic mass is 19.1. The summed E-state index contributed by atoms with van der Waals surface area (Å²) in [7, 11) is 0. The molecule has 0 radical (unpaired) electrons. The van der Waals surface area contributed by atoms with Crippen LogP contribution < -0.4 is 10.6 Å². The third-order valence-corrected chi connectivity index (χ3v) is 3.65. The number of hydrogen-bond donors (Lipinski definition) is 2. The Morgan fingerprint density at radius 1 is 1.09 bits per heavy atom. The topological polar surface area (TPSA) is 41.1 Å². The van der Waals surface area contributed by atoms with Crippen molar-refractivity contribution in [3.8, 4) is 0 Å². The number of rotatable bonds is 6. The summed E-state index contributed by atoms with van der Waals surface area (Å²) >= 11 is 0. The molecule has 0 aromatic heterocycles. The highest BCUT2D eigenvalue weighted by Gasteiger charge is 2.12. The molecule has 122 valence electrons. The van der Waals surface area contributed by atoms with Crippen molar-refractivity contribution >= 4 is 11.6 Å². The molecule has 23 heavy (non-hydrogen) atoms. The summed E-state index contributed by atoms with van der Waals surface area (Å²) in [6.07, 6.45) is 0.957. The molecule has 0 heterocycles. The van der Waals surface area contributed by atoms with Gasteiger partial charge in [-0.15, -0.1) is 0 Å². The summed E-state index contributed by atoms with van der Waals surface area (Å²) in [5.41, 5.74) is 1.92. The average Bonchev–Trinajstić information content (AvgIpc) is 2.54. The lowest BCUT2D eigenvalue weighted by atomic mass is 10.1. The van der Waals surface area contributed by atoms with Gasteiger partial charge in [0.15, 0.2) is 0 Å². The van der Waals surface area contributed by atoms with E-state index in [9.17, 15) is 13.6 Å². The summed E-state index contributed by atoms with van der Waals surface area (Å²) in [6, 6.07) is 11.3. The first kappa shape index (κ1) is 16.9. The molecule has 0 aliphatic rings. The van der Waals surface area contributed by atoms with Gasteiger partial charge in [0.2, 0.25) is 5.91 Å². The molecule has 0 saturated carbocycles. The van der Waals surface area contributed by atoms with E-state index in [1.807, 2.05) is 31.2 Å². The van der Waals surface area contributed by atoms with E-state index in [0.29, 0.717) is 0 Å². The second-order valence-corrected chi connectivity index (χ2v) is 5.33. The monoisotopic (exact) mass is 318 g/mol. The summed E-state index contributed by atoms with van der Waals surface area (Å²) in [6.45, 7) is 3.74. The van der Waals surface area contributed by atoms with Gasteiger partial charge in [0.05, 0.1) is 12.6 Å². The number of para-hydroxylation sites is 1. The Morgan fingerprint density at radius 2 is 1.70 bits per heavy atom. The van der Waals surface area contributed by atoms with Crippen molar-refractivity contribution in [1.29, 1.82) is 0 Å². The number of benzene rings is 2. The zero-order valence-corrected chi connectivity index (χ0v) is 13.2. The number of nitrogens with one attached hydrogen (secondary N) is 2. The normalized spacial score (nSPS) is 11.8. The Balaban J connectivity index is 1.91. The van der Waals surface area contributed by atoms with E-state index in [-0.39, 0.29) is 24.2 Å². The van der Waals surface area contributed by atoms with Crippen molar-refractivity contribution in [2.24, 2.45) is 0 Å². The van der Waals surface area contributed by atoms with E-state index >= 15 is 0 Å². The minimum absolute atomic E-state index is 0.180. The summed E-state index contributed by atoms with van der Waals surface area (Å²) < 4.78 is 26.9. The van der Waals surface area contributed by atoms with E-state index in [0.717, 1.165) is 24.1 Å². The average molecular weight is 318 g/mol. The van der Waals surface area contributed by atoms with Crippen molar-refractivity contribution < 1.29 is 13.6 Å². The van der Waals surface area contributed by atoms with Crippen LogP contribution in [0.3, 0.4) is 0 Å². The number of anilines is 1. The van der Waals surface area contributed by atoms with Crippen LogP contribution in [0.4, 0.5) is 14.5 Å². The number of amides is 1. The molecule has 0 fully saturated rings. The maximum atomic E-state index is 13.5. The fourth-order valence-corrected chi connectivity index (χ4v) is 2.25. The predicted molar refractivity (Wildman–Crippen MR) is 87.2 cm³/mol. The second-order valence-electron chi connectivity index (χ2n) is 5.33. The van der Waals surface area contributed by atoms with Crippen LogP contribution in [0.5, 0.6) is 0 Å². The van der Waals surface area contributed by atoms with Crippen LogP contribution in [0.25, 0.3) is 0 Å². The number of carbonyl (C=O) groups excluding carboxylic acids is 1. The Labute approximate surface area is 134 Å². The van der Waals surface area contributed by atoms with Crippen LogP contribution in [-0.4, -0.2) is 12.5 Å². The fraction of sp³-hybridized carbons (Fsp3) is 0.278. The van der Waals surface area contributed by atoms with Crippen molar-refractivity contribution in [3.05, 3.63) is 65.2 Å². The van der Waals surface area contributed by atoms with Crippen molar-refractivity contribution in [1.82, 2.24) is 5.32 Å².